The number of amides is 2. The first-order valence-electron chi connectivity index (χ1n) is 9.91. The van der Waals surface area contributed by atoms with Crippen LogP contribution in [0.1, 0.15) is 44.7 Å². The molecule has 0 spiro atoms. The second-order valence-electron chi connectivity index (χ2n) is 8.96. The third kappa shape index (κ3) is 4.11. The normalized spacial score (nSPS) is 18.9. The Morgan fingerprint density at radius 2 is 1.68 bits per heavy atom. The average molecular weight is 379 g/mol. The fourth-order valence-corrected chi connectivity index (χ4v) is 3.94. The molecule has 0 aliphatic carbocycles. The summed E-state index contributed by atoms with van der Waals surface area (Å²) in [6.07, 6.45) is 1.43. The lowest BCUT2D eigenvalue weighted by atomic mass is 9.73. The van der Waals surface area contributed by atoms with Gasteiger partial charge in [-0.2, -0.15) is 0 Å². The molecule has 2 amide bonds. The van der Waals surface area contributed by atoms with E-state index in [-0.39, 0.29) is 17.2 Å². The minimum Gasteiger partial charge on any atom is -0.356 e. The van der Waals surface area contributed by atoms with Crippen molar-refractivity contribution in [2.45, 2.75) is 45.4 Å². The summed E-state index contributed by atoms with van der Waals surface area (Å²) in [5.74, 6) is 0.0726. The molecule has 0 saturated heterocycles. The van der Waals surface area contributed by atoms with Crippen LogP contribution in [-0.4, -0.2) is 25.4 Å². The number of rotatable bonds is 6. The van der Waals surface area contributed by atoms with Crippen molar-refractivity contribution >= 4 is 17.5 Å². The molecular weight excluding hydrogens is 348 g/mol. The molecule has 4 nitrogen and oxygen atoms in total. The number of likely N-dealkylation sites (N-methyl/N-ethyl adjacent to an activating group) is 1. The minimum atomic E-state index is -0.703. The van der Waals surface area contributed by atoms with Crippen LogP contribution in [0.2, 0.25) is 0 Å². The molecule has 0 fully saturated rings. The highest BCUT2D eigenvalue weighted by Crippen LogP contribution is 2.46. The van der Waals surface area contributed by atoms with E-state index in [9.17, 15) is 9.59 Å². The zero-order chi connectivity index (χ0) is 20.4. The van der Waals surface area contributed by atoms with E-state index in [0.717, 1.165) is 16.8 Å². The molecule has 0 aromatic heterocycles. The highest BCUT2D eigenvalue weighted by molar-refractivity contribution is 6.08. The monoisotopic (exact) mass is 378 g/mol. The van der Waals surface area contributed by atoms with E-state index in [0.29, 0.717) is 25.8 Å². The Bertz CT molecular complexity index is 854. The van der Waals surface area contributed by atoms with Crippen molar-refractivity contribution in [3.05, 3.63) is 65.7 Å². The van der Waals surface area contributed by atoms with Gasteiger partial charge in [-0.25, -0.2) is 0 Å². The summed E-state index contributed by atoms with van der Waals surface area (Å²) in [4.78, 5) is 27.7. The number of para-hydroxylation sites is 1. The number of carbonyl (C=O) groups is 2. The van der Waals surface area contributed by atoms with E-state index in [1.807, 2.05) is 49.5 Å². The molecule has 2 aromatic rings. The Morgan fingerprint density at radius 3 is 2.36 bits per heavy atom. The summed E-state index contributed by atoms with van der Waals surface area (Å²) in [7, 11) is 1.83. The van der Waals surface area contributed by atoms with Crippen LogP contribution in [-0.2, 0) is 21.4 Å². The number of hydrogen-bond donors (Lipinski definition) is 1. The van der Waals surface area contributed by atoms with E-state index >= 15 is 0 Å². The van der Waals surface area contributed by atoms with Crippen LogP contribution in [0.25, 0.3) is 0 Å². The molecule has 1 aliphatic heterocycles. The molecule has 1 atom stereocenters. The number of carbonyl (C=O) groups excluding carboxylic acids is 2. The van der Waals surface area contributed by atoms with Crippen molar-refractivity contribution in [2.24, 2.45) is 5.41 Å². The molecule has 1 aliphatic rings. The Morgan fingerprint density at radius 1 is 1.04 bits per heavy atom. The summed E-state index contributed by atoms with van der Waals surface area (Å²) >= 11 is 0. The quantitative estimate of drug-likeness (QED) is 0.823. The van der Waals surface area contributed by atoms with Crippen LogP contribution in [0, 0.1) is 5.41 Å². The Labute approximate surface area is 167 Å². The molecular formula is C24H30N2O2. The Kier molecular flexibility index (Phi) is 5.59. The highest BCUT2D eigenvalue weighted by atomic mass is 16.2. The van der Waals surface area contributed by atoms with Gasteiger partial charge < -0.3 is 10.2 Å². The van der Waals surface area contributed by atoms with Crippen LogP contribution in [0.4, 0.5) is 5.69 Å². The number of nitrogens with zero attached hydrogens (tertiary/aromatic N) is 1. The van der Waals surface area contributed by atoms with E-state index in [1.165, 1.54) is 0 Å². The average Bonchev–Trinajstić information content (AvgIpc) is 2.88. The maximum atomic E-state index is 13.4. The van der Waals surface area contributed by atoms with Crippen molar-refractivity contribution in [1.29, 1.82) is 0 Å². The second-order valence-corrected chi connectivity index (χ2v) is 8.96. The number of hydrogen-bond acceptors (Lipinski definition) is 2. The van der Waals surface area contributed by atoms with Crippen LogP contribution in [0.3, 0.4) is 0 Å². The summed E-state index contributed by atoms with van der Waals surface area (Å²) < 4.78 is 0. The molecule has 2 aromatic carbocycles. The SMILES string of the molecule is CN1C(=O)[C@@](CCC(=O)NCC(C)(C)C)(Cc2ccccc2)c2ccccc21. The topological polar surface area (TPSA) is 49.4 Å². The molecule has 3 rings (SSSR count). The van der Waals surface area contributed by atoms with Gasteiger partial charge in [0.15, 0.2) is 0 Å². The molecule has 28 heavy (non-hydrogen) atoms. The van der Waals surface area contributed by atoms with Crippen molar-refractivity contribution in [2.75, 3.05) is 18.5 Å². The van der Waals surface area contributed by atoms with E-state index < -0.39 is 5.41 Å². The van der Waals surface area contributed by atoms with E-state index in [2.05, 4.69) is 38.2 Å². The van der Waals surface area contributed by atoms with Crippen molar-refractivity contribution < 1.29 is 9.59 Å². The number of fused-ring (bicyclic) bond motifs is 1. The first-order valence-corrected chi connectivity index (χ1v) is 9.91. The molecule has 1 heterocycles. The molecule has 0 bridgehead atoms. The van der Waals surface area contributed by atoms with Crippen molar-refractivity contribution in [3.8, 4) is 0 Å². The molecule has 4 heteroatoms. The number of benzene rings is 2. The first-order chi connectivity index (χ1) is 13.2. The van der Waals surface area contributed by atoms with Gasteiger partial charge in [0.1, 0.15) is 0 Å². The maximum absolute atomic E-state index is 13.4. The summed E-state index contributed by atoms with van der Waals surface area (Å²) in [6, 6.07) is 18.0. The van der Waals surface area contributed by atoms with Gasteiger partial charge in [-0.15, -0.1) is 0 Å². The van der Waals surface area contributed by atoms with Crippen LogP contribution < -0.4 is 10.2 Å². The molecule has 0 unspecified atom stereocenters. The van der Waals surface area contributed by atoms with E-state index in [1.54, 1.807) is 4.90 Å². The Hall–Kier alpha value is -2.62. The van der Waals surface area contributed by atoms with Crippen molar-refractivity contribution in [3.63, 3.8) is 0 Å². The highest BCUT2D eigenvalue weighted by Gasteiger charge is 2.49. The first kappa shape index (κ1) is 20.1. The molecule has 0 radical (unpaired) electrons. The Balaban J connectivity index is 1.89. The fourth-order valence-electron chi connectivity index (χ4n) is 3.94. The zero-order valence-corrected chi connectivity index (χ0v) is 17.3. The third-order valence-electron chi connectivity index (χ3n) is 5.44. The lowest BCUT2D eigenvalue weighted by Gasteiger charge is -2.29. The smallest absolute Gasteiger partial charge is 0.237 e. The molecule has 0 saturated carbocycles. The lowest BCUT2D eigenvalue weighted by molar-refractivity contribution is -0.124. The fraction of sp³-hybridized carbons (Fsp3) is 0.417. The predicted octanol–water partition coefficient (Wildman–Crippen LogP) is 4.09. The predicted molar refractivity (Wildman–Crippen MR) is 113 cm³/mol. The summed E-state index contributed by atoms with van der Waals surface area (Å²) in [5.41, 5.74) is 2.41. The van der Waals surface area contributed by atoms with Gasteiger partial charge in [-0.3, -0.25) is 9.59 Å². The number of anilines is 1. The lowest BCUT2D eigenvalue weighted by Crippen LogP contribution is -2.42. The van der Waals surface area contributed by atoms with Crippen molar-refractivity contribution in [1.82, 2.24) is 5.32 Å². The summed E-state index contributed by atoms with van der Waals surface area (Å²) in [6.45, 7) is 6.91. The van der Waals surface area contributed by atoms with Gasteiger partial charge in [0, 0.05) is 25.7 Å². The minimum absolute atomic E-state index is 0.00203. The van der Waals surface area contributed by atoms with Gasteiger partial charge in [-0.05, 0) is 35.4 Å². The third-order valence-corrected chi connectivity index (χ3v) is 5.44. The standard InChI is InChI=1S/C24H30N2O2/c1-23(2,3)17-25-21(27)14-15-24(16-18-10-6-5-7-11-18)19-12-8-9-13-20(19)26(4)22(24)28/h5-13H,14-17H2,1-4H3,(H,25,27)/t24-/m0/s1. The van der Waals surface area contributed by atoms with Gasteiger partial charge in [0.25, 0.3) is 0 Å². The van der Waals surface area contributed by atoms with Crippen LogP contribution in [0.5, 0.6) is 0 Å². The zero-order valence-electron chi connectivity index (χ0n) is 17.3. The second kappa shape index (κ2) is 7.78. The summed E-state index contributed by atoms with van der Waals surface area (Å²) in [5, 5.41) is 3.01. The molecule has 1 N–H and O–H groups in total. The largest absolute Gasteiger partial charge is 0.356 e. The molecule has 148 valence electrons. The van der Waals surface area contributed by atoms with Crippen LogP contribution in [0.15, 0.2) is 54.6 Å². The van der Waals surface area contributed by atoms with Gasteiger partial charge in [0.2, 0.25) is 11.8 Å². The van der Waals surface area contributed by atoms with Gasteiger partial charge >= 0.3 is 0 Å². The maximum Gasteiger partial charge on any atom is 0.237 e. The van der Waals surface area contributed by atoms with Crippen LogP contribution >= 0.6 is 0 Å². The van der Waals surface area contributed by atoms with Gasteiger partial charge in [0.05, 0.1) is 5.41 Å². The number of nitrogens with one attached hydrogen (secondary N) is 1. The van der Waals surface area contributed by atoms with Gasteiger partial charge in [-0.1, -0.05) is 69.3 Å². The van der Waals surface area contributed by atoms with E-state index in [4.69, 9.17) is 0 Å².